The Balaban J connectivity index is 2.60. The van der Waals surface area contributed by atoms with Crippen molar-refractivity contribution in [2.75, 3.05) is 5.32 Å². The fraction of sp³-hybridized carbons (Fsp3) is 0.467. The van der Waals surface area contributed by atoms with Gasteiger partial charge in [-0.15, -0.1) is 0 Å². The van der Waals surface area contributed by atoms with Crippen LogP contribution in [-0.2, 0) is 9.59 Å². The van der Waals surface area contributed by atoms with Crippen molar-refractivity contribution in [3.05, 3.63) is 29.8 Å². The summed E-state index contributed by atoms with van der Waals surface area (Å²) in [6, 6.07) is 7.21. The highest BCUT2D eigenvalue weighted by atomic mass is 16.3. The highest BCUT2D eigenvalue weighted by Crippen LogP contribution is 2.17. The average Bonchev–Trinajstić information content (AvgIpc) is 2.36. The van der Waals surface area contributed by atoms with Gasteiger partial charge in [0.1, 0.15) is 0 Å². The van der Waals surface area contributed by atoms with E-state index in [-0.39, 0.29) is 17.9 Å². The van der Waals surface area contributed by atoms with Crippen LogP contribution < -0.4 is 10.6 Å². The van der Waals surface area contributed by atoms with Gasteiger partial charge < -0.3 is 15.7 Å². The molecule has 3 N–H and O–H groups in total. The lowest BCUT2D eigenvalue weighted by Gasteiger charge is -2.16. The normalized spacial score (nSPS) is 13.4. The molecule has 0 heterocycles. The first-order chi connectivity index (χ1) is 9.38. The first kappa shape index (κ1) is 16.2. The van der Waals surface area contributed by atoms with Crippen LogP contribution in [0.1, 0.15) is 45.2 Å². The van der Waals surface area contributed by atoms with E-state index in [1.165, 1.54) is 6.92 Å². The van der Waals surface area contributed by atoms with Crippen LogP contribution in [0.15, 0.2) is 24.3 Å². The average molecular weight is 278 g/mol. The molecule has 1 aromatic rings. The Kier molecular flexibility index (Phi) is 6.18. The van der Waals surface area contributed by atoms with E-state index in [1.807, 2.05) is 25.1 Å². The van der Waals surface area contributed by atoms with Crippen LogP contribution in [0.2, 0.25) is 0 Å². The van der Waals surface area contributed by atoms with E-state index in [9.17, 15) is 9.59 Å². The van der Waals surface area contributed by atoms with Crippen molar-refractivity contribution in [2.24, 2.45) is 0 Å². The molecule has 0 spiro atoms. The molecule has 2 unspecified atom stereocenters. The number of hydrogen-bond donors (Lipinski definition) is 3. The number of carbonyl (C=O) groups excluding carboxylic acids is 2. The Labute approximate surface area is 119 Å². The number of amides is 2. The van der Waals surface area contributed by atoms with Crippen LogP contribution in [0.25, 0.3) is 0 Å². The van der Waals surface area contributed by atoms with Gasteiger partial charge in [0.25, 0.3) is 0 Å². The number of aliphatic hydroxyl groups is 1. The minimum atomic E-state index is -0.473. The van der Waals surface area contributed by atoms with Gasteiger partial charge in [0, 0.05) is 19.0 Å². The molecule has 20 heavy (non-hydrogen) atoms. The predicted molar refractivity (Wildman–Crippen MR) is 78.2 cm³/mol. The number of anilines is 1. The van der Waals surface area contributed by atoms with E-state index in [0.29, 0.717) is 18.5 Å². The first-order valence-electron chi connectivity index (χ1n) is 6.73. The minimum Gasteiger partial charge on any atom is -0.393 e. The largest absolute Gasteiger partial charge is 0.393 e. The Bertz CT molecular complexity index is 472. The summed E-state index contributed by atoms with van der Waals surface area (Å²) in [6.07, 6.45) is 0.275. The molecule has 5 heteroatoms. The highest BCUT2D eigenvalue weighted by molar-refractivity contribution is 5.88. The second-order valence-corrected chi connectivity index (χ2v) is 4.98. The van der Waals surface area contributed by atoms with Crippen LogP contribution in [0.4, 0.5) is 5.69 Å². The standard InChI is InChI=1S/C15H22N2O3/c1-10(18)7-8-15(20)16-11(2)13-5-4-6-14(9-13)17-12(3)19/h4-6,9-11,18H,7-8H2,1-3H3,(H,16,20)(H,17,19). The lowest BCUT2D eigenvalue weighted by Crippen LogP contribution is -2.27. The van der Waals surface area contributed by atoms with Crippen LogP contribution in [0.5, 0.6) is 0 Å². The van der Waals surface area contributed by atoms with Crippen LogP contribution in [-0.4, -0.2) is 23.0 Å². The molecular formula is C15H22N2O3. The molecule has 0 aliphatic heterocycles. The zero-order valence-electron chi connectivity index (χ0n) is 12.1. The Morgan fingerprint density at radius 1 is 1.30 bits per heavy atom. The molecule has 0 aliphatic carbocycles. The number of benzene rings is 1. The van der Waals surface area contributed by atoms with Gasteiger partial charge in [-0.2, -0.15) is 0 Å². The topological polar surface area (TPSA) is 78.4 Å². The van der Waals surface area contributed by atoms with E-state index >= 15 is 0 Å². The molecule has 0 saturated carbocycles. The van der Waals surface area contributed by atoms with Crippen molar-refractivity contribution in [1.29, 1.82) is 0 Å². The van der Waals surface area contributed by atoms with Gasteiger partial charge in [0.05, 0.1) is 12.1 Å². The summed E-state index contributed by atoms with van der Waals surface area (Å²) >= 11 is 0. The molecule has 0 fully saturated rings. The molecule has 5 nitrogen and oxygen atoms in total. The highest BCUT2D eigenvalue weighted by Gasteiger charge is 2.11. The number of aliphatic hydroxyl groups excluding tert-OH is 1. The zero-order chi connectivity index (χ0) is 15.1. The van der Waals surface area contributed by atoms with Gasteiger partial charge in [0.15, 0.2) is 0 Å². The summed E-state index contributed by atoms with van der Waals surface area (Å²) in [5.41, 5.74) is 1.63. The third-order valence-corrected chi connectivity index (χ3v) is 2.87. The maximum atomic E-state index is 11.7. The lowest BCUT2D eigenvalue weighted by atomic mass is 10.1. The van der Waals surface area contributed by atoms with Gasteiger partial charge >= 0.3 is 0 Å². The summed E-state index contributed by atoms with van der Waals surface area (Å²) in [4.78, 5) is 22.7. The molecular weight excluding hydrogens is 256 g/mol. The molecule has 1 rings (SSSR count). The monoisotopic (exact) mass is 278 g/mol. The molecule has 2 amide bonds. The van der Waals surface area contributed by atoms with Gasteiger partial charge in [-0.25, -0.2) is 0 Å². The lowest BCUT2D eigenvalue weighted by molar-refractivity contribution is -0.122. The molecule has 0 saturated heterocycles. The van der Waals surface area contributed by atoms with Crippen LogP contribution >= 0.6 is 0 Å². The van der Waals surface area contributed by atoms with Crippen LogP contribution in [0, 0.1) is 0 Å². The van der Waals surface area contributed by atoms with Crippen molar-refractivity contribution >= 4 is 17.5 Å². The SMILES string of the molecule is CC(=O)Nc1cccc(C(C)NC(=O)CCC(C)O)c1. The molecule has 110 valence electrons. The van der Waals surface area contributed by atoms with Crippen molar-refractivity contribution in [1.82, 2.24) is 5.32 Å². The summed E-state index contributed by atoms with van der Waals surface area (Å²) in [5.74, 6) is -0.223. The van der Waals surface area contributed by atoms with Gasteiger partial charge in [-0.1, -0.05) is 12.1 Å². The number of rotatable bonds is 6. The van der Waals surface area contributed by atoms with Crippen molar-refractivity contribution < 1.29 is 14.7 Å². The van der Waals surface area contributed by atoms with Crippen LogP contribution in [0.3, 0.4) is 0 Å². The summed E-state index contributed by atoms with van der Waals surface area (Å²) < 4.78 is 0. The summed E-state index contributed by atoms with van der Waals surface area (Å²) in [5, 5.41) is 14.7. The third-order valence-electron chi connectivity index (χ3n) is 2.87. The van der Waals surface area contributed by atoms with E-state index in [4.69, 9.17) is 5.11 Å². The predicted octanol–water partition coefficient (Wildman–Crippen LogP) is 1.98. The third kappa shape index (κ3) is 5.84. The van der Waals surface area contributed by atoms with E-state index < -0.39 is 6.10 Å². The molecule has 1 aromatic carbocycles. The van der Waals surface area contributed by atoms with Crippen molar-refractivity contribution in [2.45, 2.75) is 45.8 Å². The van der Waals surface area contributed by atoms with Crippen molar-refractivity contribution in [3.63, 3.8) is 0 Å². The fourth-order valence-electron chi connectivity index (χ4n) is 1.83. The number of carbonyl (C=O) groups is 2. The smallest absolute Gasteiger partial charge is 0.221 e. The van der Waals surface area contributed by atoms with Gasteiger partial charge in [-0.05, 0) is 38.0 Å². The molecule has 0 aliphatic rings. The quantitative estimate of drug-likeness (QED) is 0.744. The van der Waals surface area contributed by atoms with Gasteiger partial charge in [-0.3, -0.25) is 9.59 Å². The number of hydrogen-bond acceptors (Lipinski definition) is 3. The Morgan fingerprint density at radius 3 is 2.60 bits per heavy atom. The molecule has 2 atom stereocenters. The first-order valence-corrected chi connectivity index (χ1v) is 6.73. The van der Waals surface area contributed by atoms with E-state index in [0.717, 1.165) is 5.56 Å². The van der Waals surface area contributed by atoms with Gasteiger partial charge in [0.2, 0.25) is 11.8 Å². The summed E-state index contributed by atoms with van der Waals surface area (Å²) in [7, 11) is 0. The molecule has 0 radical (unpaired) electrons. The maximum Gasteiger partial charge on any atom is 0.221 e. The Hall–Kier alpha value is -1.88. The van der Waals surface area contributed by atoms with Crippen molar-refractivity contribution in [3.8, 4) is 0 Å². The zero-order valence-corrected chi connectivity index (χ0v) is 12.1. The Morgan fingerprint density at radius 2 is 2.00 bits per heavy atom. The summed E-state index contributed by atoms with van der Waals surface area (Å²) in [6.45, 7) is 4.99. The maximum absolute atomic E-state index is 11.7. The van der Waals surface area contributed by atoms with E-state index in [2.05, 4.69) is 10.6 Å². The fourth-order valence-corrected chi connectivity index (χ4v) is 1.83. The molecule has 0 bridgehead atoms. The molecule has 0 aromatic heterocycles. The van der Waals surface area contributed by atoms with E-state index in [1.54, 1.807) is 13.0 Å². The number of nitrogens with one attached hydrogen (secondary N) is 2. The second kappa shape index (κ2) is 7.65. The second-order valence-electron chi connectivity index (χ2n) is 4.98. The minimum absolute atomic E-state index is 0.0941.